The van der Waals surface area contributed by atoms with Crippen LogP contribution in [0.2, 0.25) is 0 Å². The average Bonchev–Trinajstić information content (AvgIpc) is 2.34. The highest BCUT2D eigenvalue weighted by Gasteiger charge is 2.12. The lowest BCUT2D eigenvalue weighted by molar-refractivity contribution is -0.118. The van der Waals surface area contributed by atoms with Gasteiger partial charge in [-0.2, -0.15) is 0 Å². The van der Waals surface area contributed by atoms with E-state index < -0.39 is 5.82 Å². The van der Waals surface area contributed by atoms with Crippen LogP contribution in [-0.2, 0) is 4.79 Å². The van der Waals surface area contributed by atoms with Crippen LogP contribution in [0.3, 0.4) is 0 Å². The molecule has 0 atom stereocenters. The summed E-state index contributed by atoms with van der Waals surface area (Å²) in [7, 11) is 3.01. The van der Waals surface area contributed by atoms with E-state index in [1.165, 1.54) is 24.1 Å². The fourth-order valence-electron chi connectivity index (χ4n) is 1.43. The molecule has 0 aromatic heterocycles. The number of halogens is 1. The zero-order valence-electron chi connectivity index (χ0n) is 10.1. The van der Waals surface area contributed by atoms with Crippen LogP contribution in [0.15, 0.2) is 18.2 Å². The number of nitrogens with zero attached hydrogens (tertiary/aromatic N) is 1. The van der Waals surface area contributed by atoms with Crippen LogP contribution in [0.25, 0.3) is 0 Å². The minimum Gasteiger partial charge on any atom is -0.494 e. The lowest BCUT2D eigenvalue weighted by Crippen LogP contribution is -2.26. The molecule has 17 heavy (non-hydrogen) atoms. The number of carbonyl (C=O) groups excluding carboxylic acids is 1. The minimum atomic E-state index is -0.483. The molecule has 0 saturated heterocycles. The van der Waals surface area contributed by atoms with Crippen molar-refractivity contribution >= 4 is 11.6 Å². The molecule has 1 aromatic rings. The molecule has 0 spiro atoms. The molecule has 1 rings (SSSR count). The fourth-order valence-corrected chi connectivity index (χ4v) is 1.43. The summed E-state index contributed by atoms with van der Waals surface area (Å²) in [6.45, 7) is 0.469. The van der Waals surface area contributed by atoms with Crippen LogP contribution in [-0.4, -0.2) is 26.6 Å². The summed E-state index contributed by atoms with van der Waals surface area (Å²) >= 11 is 0. The summed E-state index contributed by atoms with van der Waals surface area (Å²) in [4.78, 5) is 13.1. The quantitative estimate of drug-likeness (QED) is 0.849. The first kappa shape index (κ1) is 13.4. The summed E-state index contributed by atoms with van der Waals surface area (Å²) in [5.74, 6) is -0.403. The normalized spacial score (nSPS) is 10.1. The van der Waals surface area contributed by atoms with Gasteiger partial charge in [0.05, 0.1) is 7.11 Å². The monoisotopic (exact) mass is 240 g/mol. The van der Waals surface area contributed by atoms with E-state index in [2.05, 4.69) is 0 Å². The van der Waals surface area contributed by atoms with E-state index in [0.717, 1.165) is 0 Å². The lowest BCUT2D eigenvalue weighted by Gasteiger charge is -2.17. The van der Waals surface area contributed by atoms with Gasteiger partial charge in [-0.15, -0.1) is 0 Å². The van der Waals surface area contributed by atoms with E-state index in [1.54, 1.807) is 13.1 Å². The van der Waals surface area contributed by atoms with Crippen molar-refractivity contribution in [3.8, 4) is 5.75 Å². The van der Waals surface area contributed by atoms with Gasteiger partial charge in [0.15, 0.2) is 11.6 Å². The van der Waals surface area contributed by atoms with E-state index in [4.69, 9.17) is 10.5 Å². The second-order valence-electron chi connectivity index (χ2n) is 3.66. The first-order chi connectivity index (χ1) is 8.10. The fraction of sp³-hybridized carbons (Fsp3) is 0.417. The van der Waals surface area contributed by atoms with E-state index in [9.17, 15) is 9.18 Å². The van der Waals surface area contributed by atoms with Gasteiger partial charge in [-0.05, 0) is 25.1 Å². The Morgan fingerprint density at radius 2 is 2.24 bits per heavy atom. The number of amides is 1. The molecule has 1 amide bonds. The standard InChI is InChI=1S/C12H17FN2O2/c1-15(12(16)4-3-7-14)9-5-6-11(17-2)10(13)8-9/h5-6,8H,3-4,7,14H2,1-2H3. The maximum absolute atomic E-state index is 13.4. The molecule has 0 fully saturated rings. The van der Waals surface area contributed by atoms with Gasteiger partial charge in [0.2, 0.25) is 5.91 Å². The molecule has 0 aliphatic rings. The van der Waals surface area contributed by atoms with Gasteiger partial charge in [0.1, 0.15) is 0 Å². The first-order valence-corrected chi connectivity index (χ1v) is 5.40. The highest BCUT2D eigenvalue weighted by Crippen LogP contribution is 2.23. The summed E-state index contributed by atoms with van der Waals surface area (Å²) in [6.07, 6.45) is 0.989. The molecule has 0 heterocycles. The van der Waals surface area contributed by atoms with Crippen molar-refractivity contribution in [1.82, 2.24) is 0 Å². The molecule has 0 radical (unpaired) electrons. The number of hydrogen-bond donors (Lipinski definition) is 1. The van der Waals surface area contributed by atoms with E-state index in [1.807, 2.05) is 0 Å². The molecule has 0 aliphatic heterocycles. The van der Waals surface area contributed by atoms with Crippen molar-refractivity contribution < 1.29 is 13.9 Å². The van der Waals surface area contributed by atoms with E-state index in [-0.39, 0.29) is 11.7 Å². The smallest absolute Gasteiger partial charge is 0.226 e. The summed E-state index contributed by atoms with van der Waals surface area (Å²) in [5.41, 5.74) is 5.84. The predicted molar refractivity (Wildman–Crippen MR) is 64.7 cm³/mol. The summed E-state index contributed by atoms with van der Waals surface area (Å²) in [5, 5.41) is 0. The Labute approximate surface area is 100 Å². The molecular weight excluding hydrogens is 223 g/mol. The summed E-state index contributed by atoms with van der Waals surface area (Å²) in [6, 6.07) is 4.42. The minimum absolute atomic E-state index is 0.0833. The molecule has 5 heteroatoms. The van der Waals surface area contributed by atoms with Gasteiger partial charge in [0, 0.05) is 25.2 Å². The Bertz CT molecular complexity index is 396. The van der Waals surface area contributed by atoms with Crippen molar-refractivity contribution in [1.29, 1.82) is 0 Å². The van der Waals surface area contributed by atoms with Crippen LogP contribution < -0.4 is 15.4 Å². The van der Waals surface area contributed by atoms with E-state index in [0.29, 0.717) is 25.1 Å². The van der Waals surface area contributed by atoms with Crippen LogP contribution in [0, 0.1) is 5.82 Å². The Hall–Kier alpha value is -1.62. The number of benzene rings is 1. The number of hydrogen-bond acceptors (Lipinski definition) is 3. The first-order valence-electron chi connectivity index (χ1n) is 5.40. The average molecular weight is 240 g/mol. The Morgan fingerprint density at radius 3 is 2.76 bits per heavy atom. The largest absolute Gasteiger partial charge is 0.494 e. The second-order valence-corrected chi connectivity index (χ2v) is 3.66. The number of nitrogens with two attached hydrogens (primary N) is 1. The molecule has 4 nitrogen and oxygen atoms in total. The van der Waals surface area contributed by atoms with Crippen LogP contribution in [0.5, 0.6) is 5.75 Å². The van der Waals surface area contributed by atoms with Crippen molar-refractivity contribution in [2.75, 3.05) is 25.6 Å². The Morgan fingerprint density at radius 1 is 1.53 bits per heavy atom. The zero-order chi connectivity index (χ0) is 12.8. The SMILES string of the molecule is COc1ccc(N(C)C(=O)CCCN)cc1F. The maximum Gasteiger partial charge on any atom is 0.226 e. The van der Waals surface area contributed by atoms with Crippen molar-refractivity contribution in [3.05, 3.63) is 24.0 Å². The van der Waals surface area contributed by atoms with Gasteiger partial charge in [0.25, 0.3) is 0 Å². The molecule has 1 aromatic carbocycles. The van der Waals surface area contributed by atoms with Gasteiger partial charge in [-0.3, -0.25) is 4.79 Å². The second kappa shape index (κ2) is 6.20. The third-order valence-corrected chi connectivity index (χ3v) is 2.49. The van der Waals surface area contributed by atoms with Crippen LogP contribution in [0.4, 0.5) is 10.1 Å². The van der Waals surface area contributed by atoms with Gasteiger partial charge in [-0.25, -0.2) is 4.39 Å². The van der Waals surface area contributed by atoms with Crippen molar-refractivity contribution in [2.24, 2.45) is 5.73 Å². The third kappa shape index (κ3) is 3.42. The van der Waals surface area contributed by atoms with Crippen LogP contribution >= 0.6 is 0 Å². The molecule has 0 aliphatic carbocycles. The molecule has 0 saturated carbocycles. The van der Waals surface area contributed by atoms with Crippen molar-refractivity contribution in [2.45, 2.75) is 12.8 Å². The number of carbonyl (C=O) groups is 1. The molecule has 2 N–H and O–H groups in total. The molecule has 0 unspecified atom stereocenters. The van der Waals surface area contributed by atoms with Crippen LogP contribution in [0.1, 0.15) is 12.8 Å². The zero-order valence-corrected chi connectivity index (χ0v) is 10.1. The van der Waals surface area contributed by atoms with Crippen molar-refractivity contribution in [3.63, 3.8) is 0 Å². The molecule has 0 bridgehead atoms. The Balaban J connectivity index is 2.78. The maximum atomic E-state index is 13.4. The predicted octanol–water partition coefficient (Wildman–Crippen LogP) is 1.54. The number of methoxy groups -OCH3 is 1. The molecule has 94 valence electrons. The highest BCUT2D eigenvalue weighted by atomic mass is 19.1. The highest BCUT2D eigenvalue weighted by molar-refractivity contribution is 5.92. The number of rotatable bonds is 5. The lowest BCUT2D eigenvalue weighted by atomic mass is 10.2. The topological polar surface area (TPSA) is 55.6 Å². The van der Waals surface area contributed by atoms with Gasteiger partial charge < -0.3 is 15.4 Å². The molecular formula is C12H17FN2O2. The van der Waals surface area contributed by atoms with Gasteiger partial charge in [-0.1, -0.05) is 0 Å². The third-order valence-electron chi connectivity index (χ3n) is 2.49. The van der Waals surface area contributed by atoms with Gasteiger partial charge >= 0.3 is 0 Å². The number of ether oxygens (including phenoxy) is 1. The summed E-state index contributed by atoms with van der Waals surface area (Å²) < 4.78 is 18.3. The number of anilines is 1. The van der Waals surface area contributed by atoms with E-state index >= 15 is 0 Å². The Kier molecular flexibility index (Phi) is 4.90.